The summed E-state index contributed by atoms with van der Waals surface area (Å²) in [6.45, 7) is 0.244. The molecular formula is C21H16BrCl2F2NO2. The first kappa shape index (κ1) is 21.7. The molecule has 0 unspecified atom stereocenters. The normalized spacial score (nSPS) is 10.7. The zero-order chi connectivity index (χ0) is 21.0. The maximum Gasteiger partial charge on any atom is 0.167 e. The summed E-state index contributed by atoms with van der Waals surface area (Å²) in [5.74, 6) is -0.0332. The minimum Gasteiger partial charge on any atom is -0.493 e. The van der Waals surface area contributed by atoms with Crippen LogP contribution in [0.1, 0.15) is 11.1 Å². The second kappa shape index (κ2) is 9.65. The molecule has 0 bridgehead atoms. The number of methoxy groups -OCH3 is 1. The average Bonchev–Trinajstić information content (AvgIpc) is 2.69. The Balaban J connectivity index is 1.87. The molecule has 0 spiro atoms. The zero-order valence-electron chi connectivity index (χ0n) is 15.2. The molecule has 29 heavy (non-hydrogen) atoms. The Bertz CT molecular complexity index is 1010. The van der Waals surface area contributed by atoms with Crippen molar-refractivity contribution in [3.63, 3.8) is 0 Å². The fourth-order valence-corrected chi connectivity index (χ4v) is 3.53. The lowest BCUT2D eigenvalue weighted by Gasteiger charge is -2.18. The number of ether oxygens (including phenoxy) is 2. The van der Waals surface area contributed by atoms with E-state index in [1.807, 2.05) is 6.07 Å². The van der Waals surface area contributed by atoms with Gasteiger partial charge in [-0.3, -0.25) is 0 Å². The van der Waals surface area contributed by atoms with Crippen LogP contribution in [0.2, 0.25) is 10.0 Å². The quantitative estimate of drug-likeness (QED) is 0.369. The number of hydrogen-bond donors (Lipinski definition) is 1. The van der Waals surface area contributed by atoms with E-state index in [1.54, 1.807) is 18.2 Å². The predicted octanol–water partition coefficient (Wildman–Crippen LogP) is 7.23. The van der Waals surface area contributed by atoms with E-state index in [0.717, 1.165) is 10.0 Å². The summed E-state index contributed by atoms with van der Waals surface area (Å²) in [5.41, 5.74) is 1.62. The molecule has 0 aliphatic heterocycles. The van der Waals surface area contributed by atoms with E-state index in [4.69, 9.17) is 32.7 Å². The van der Waals surface area contributed by atoms with Crippen LogP contribution in [-0.4, -0.2) is 7.11 Å². The molecule has 0 saturated heterocycles. The van der Waals surface area contributed by atoms with Gasteiger partial charge in [-0.05, 0) is 42.5 Å². The van der Waals surface area contributed by atoms with Gasteiger partial charge in [-0.25, -0.2) is 8.78 Å². The minimum atomic E-state index is -0.495. The van der Waals surface area contributed by atoms with Gasteiger partial charge < -0.3 is 14.8 Å². The summed E-state index contributed by atoms with van der Waals surface area (Å²) in [7, 11) is 1.52. The Morgan fingerprint density at radius 1 is 0.966 bits per heavy atom. The molecule has 0 radical (unpaired) electrons. The van der Waals surface area contributed by atoms with Crippen LogP contribution in [0.4, 0.5) is 14.5 Å². The lowest BCUT2D eigenvalue weighted by Crippen LogP contribution is -2.07. The highest BCUT2D eigenvalue weighted by Gasteiger charge is 2.17. The van der Waals surface area contributed by atoms with E-state index >= 15 is 0 Å². The first-order valence-corrected chi connectivity index (χ1v) is 10.1. The third kappa shape index (κ3) is 5.13. The first-order valence-electron chi connectivity index (χ1n) is 8.50. The van der Waals surface area contributed by atoms with Crippen LogP contribution in [0.15, 0.2) is 53.0 Å². The standard InChI is InChI=1S/C21H16BrCl2F2NO2/c1-28-20-8-6-15(22)13(10-27-12-5-7-19(26)17(24)9-12)21(20)29-11-14-16(23)3-2-4-18(14)25/h2-9,27H,10-11H2,1H3. The van der Waals surface area contributed by atoms with Gasteiger partial charge in [-0.2, -0.15) is 0 Å². The number of anilines is 1. The molecule has 3 nitrogen and oxygen atoms in total. The van der Waals surface area contributed by atoms with E-state index in [9.17, 15) is 8.78 Å². The lowest BCUT2D eigenvalue weighted by molar-refractivity contribution is 0.277. The number of nitrogens with one attached hydrogen (secondary N) is 1. The molecule has 3 aromatic rings. The van der Waals surface area contributed by atoms with Crippen molar-refractivity contribution in [1.29, 1.82) is 0 Å². The first-order chi connectivity index (χ1) is 13.9. The Morgan fingerprint density at radius 3 is 2.45 bits per heavy atom. The Morgan fingerprint density at radius 2 is 1.76 bits per heavy atom. The summed E-state index contributed by atoms with van der Waals surface area (Å²) in [5, 5.41) is 3.46. The summed E-state index contributed by atoms with van der Waals surface area (Å²) in [6.07, 6.45) is 0. The van der Waals surface area contributed by atoms with Crippen LogP contribution in [0.25, 0.3) is 0 Å². The minimum absolute atomic E-state index is 0.0189. The van der Waals surface area contributed by atoms with Gasteiger partial charge in [0.2, 0.25) is 0 Å². The van der Waals surface area contributed by atoms with Crippen molar-refractivity contribution < 1.29 is 18.3 Å². The summed E-state index contributed by atoms with van der Waals surface area (Å²) >= 11 is 15.4. The van der Waals surface area contributed by atoms with E-state index < -0.39 is 11.6 Å². The molecule has 3 aromatic carbocycles. The van der Waals surface area contributed by atoms with Crippen molar-refractivity contribution >= 4 is 44.8 Å². The molecule has 3 rings (SSSR count). The highest BCUT2D eigenvalue weighted by molar-refractivity contribution is 9.10. The molecule has 1 N–H and O–H groups in total. The number of benzene rings is 3. The van der Waals surface area contributed by atoms with Crippen LogP contribution < -0.4 is 14.8 Å². The van der Waals surface area contributed by atoms with Crippen LogP contribution >= 0.6 is 39.1 Å². The number of hydrogen-bond acceptors (Lipinski definition) is 3. The second-order valence-corrected chi connectivity index (χ2v) is 7.70. The molecule has 0 heterocycles. The van der Waals surface area contributed by atoms with Gasteiger partial charge in [0.25, 0.3) is 0 Å². The van der Waals surface area contributed by atoms with Crippen molar-refractivity contribution in [2.45, 2.75) is 13.2 Å². The van der Waals surface area contributed by atoms with Crippen molar-refractivity contribution in [1.82, 2.24) is 0 Å². The second-order valence-electron chi connectivity index (χ2n) is 6.03. The molecule has 0 atom stereocenters. The van der Waals surface area contributed by atoms with Crippen molar-refractivity contribution in [2.24, 2.45) is 0 Å². The van der Waals surface area contributed by atoms with Gasteiger partial charge in [0.15, 0.2) is 11.5 Å². The molecule has 0 aromatic heterocycles. The third-order valence-electron chi connectivity index (χ3n) is 4.20. The van der Waals surface area contributed by atoms with Gasteiger partial charge in [-0.1, -0.05) is 45.2 Å². The van der Waals surface area contributed by atoms with Crippen LogP contribution in [0.5, 0.6) is 11.5 Å². The fourth-order valence-electron chi connectivity index (χ4n) is 2.68. The maximum atomic E-state index is 14.1. The fraction of sp³-hybridized carbons (Fsp3) is 0.143. The van der Waals surface area contributed by atoms with Crippen molar-refractivity contribution in [3.05, 3.63) is 85.8 Å². The van der Waals surface area contributed by atoms with E-state index in [1.165, 1.54) is 31.4 Å². The van der Waals surface area contributed by atoms with Crippen molar-refractivity contribution in [2.75, 3.05) is 12.4 Å². The van der Waals surface area contributed by atoms with E-state index in [0.29, 0.717) is 23.7 Å². The third-order valence-corrected chi connectivity index (χ3v) is 5.59. The number of rotatable bonds is 7. The van der Waals surface area contributed by atoms with Crippen molar-refractivity contribution in [3.8, 4) is 11.5 Å². The van der Waals surface area contributed by atoms with Gasteiger partial charge in [0.1, 0.15) is 18.2 Å². The molecule has 0 amide bonds. The maximum absolute atomic E-state index is 14.1. The van der Waals surface area contributed by atoms with Crippen LogP contribution in [0, 0.1) is 11.6 Å². The smallest absolute Gasteiger partial charge is 0.167 e. The predicted molar refractivity (Wildman–Crippen MR) is 115 cm³/mol. The van der Waals surface area contributed by atoms with Crippen LogP contribution in [-0.2, 0) is 13.2 Å². The molecular weight excluding hydrogens is 487 g/mol. The zero-order valence-corrected chi connectivity index (χ0v) is 18.3. The monoisotopic (exact) mass is 501 g/mol. The molecule has 0 fully saturated rings. The lowest BCUT2D eigenvalue weighted by atomic mass is 10.1. The van der Waals surface area contributed by atoms with Gasteiger partial charge in [-0.15, -0.1) is 0 Å². The van der Waals surface area contributed by atoms with Gasteiger partial charge in [0.05, 0.1) is 17.2 Å². The highest BCUT2D eigenvalue weighted by Crippen LogP contribution is 2.38. The summed E-state index contributed by atoms with van der Waals surface area (Å²) in [6, 6.07) is 12.4. The highest BCUT2D eigenvalue weighted by atomic mass is 79.9. The molecule has 0 saturated carbocycles. The number of halogens is 5. The van der Waals surface area contributed by atoms with Gasteiger partial charge >= 0.3 is 0 Å². The van der Waals surface area contributed by atoms with E-state index in [-0.39, 0.29) is 22.2 Å². The molecule has 152 valence electrons. The van der Waals surface area contributed by atoms with Crippen LogP contribution in [0.3, 0.4) is 0 Å². The molecule has 0 aliphatic carbocycles. The van der Waals surface area contributed by atoms with E-state index in [2.05, 4.69) is 21.2 Å². The SMILES string of the molecule is COc1ccc(Br)c(CNc2ccc(F)c(Cl)c2)c1OCc1c(F)cccc1Cl. The topological polar surface area (TPSA) is 30.5 Å². The summed E-state index contributed by atoms with van der Waals surface area (Å²) < 4.78 is 39.5. The molecule has 0 aliphatic rings. The van der Waals surface area contributed by atoms with Gasteiger partial charge in [0, 0.05) is 27.8 Å². The molecule has 8 heteroatoms. The largest absolute Gasteiger partial charge is 0.493 e. The Hall–Kier alpha value is -2.02. The Kier molecular flexibility index (Phi) is 7.22. The average molecular weight is 503 g/mol. The Labute approximate surface area is 185 Å². The summed E-state index contributed by atoms with van der Waals surface area (Å²) in [4.78, 5) is 0.